The van der Waals surface area contributed by atoms with Crippen molar-refractivity contribution in [2.24, 2.45) is 0 Å². The molecule has 5 nitrogen and oxygen atoms in total. The van der Waals surface area contributed by atoms with Crippen LogP contribution in [0.25, 0.3) is 6.08 Å². The quantitative estimate of drug-likeness (QED) is 0.316. The van der Waals surface area contributed by atoms with Crippen LogP contribution in [0.3, 0.4) is 0 Å². The van der Waals surface area contributed by atoms with Gasteiger partial charge >= 0.3 is 0 Å². The number of carbonyl (C=O) groups is 2. The predicted molar refractivity (Wildman–Crippen MR) is 137 cm³/mol. The molecule has 1 saturated heterocycles. The summed E-state index contributed by atoms with van der Waals surface area (Å²) >= 11 is 6.68. The molecule has 0 saturated carbocycles. The van der Waals surface area contributed by atoms with Crippen LogP contribution in [0.5, 0.6) is 11.5 Å². The zero-order valence-corrected chi connectivity index (χ0v) is 19.4. The topological polar surface area (TPSA) is 58.6 Å². The number of amides is 2. The molecule has 0 aromatic heterocycles. The summed E-state index contributed by atoms with van der Waals surface area (Å²) in [4.78, 5) is 27.1. The van der Waals surface area contributed by atoms with Gasteiger partial charge in [-0.1, -0.05) is 72.5 Å². The number of ether oxygens (including phenoxy) is 1. The normalized spacial score (nSPS) is 14.5. The molecule has 166 valence electrons. The van der Waals surface area contributed by atoms with Crippen molar-refractivity contribution in [1.82, 2.24) is 4.90 Å². The van der Waals surface area contributed by atoms with Crippen LogP contribution in [0.4, 0.5) is 5.69 Å². The molecule has 3 aromatic carbocycles. The van der Waals surface area contributed by atoms with Gasteiger partial charge in [-0.25, -0.2) is 0 Å². The maximum absolute atomic E-state index is 12.9. The van der Waals surface area contributed by atoms with Crippen LogP contribution in [0.1, 0.15) is 18.4 Å². The van der Waals surface area contributed by atoms with Crippen LogP contribution in [0, 0.1) is 0 Å². The Balaban J connectivity index is 1.34. The standard InChI is InChI=1S/C26H22N2O3S2/c29-24(27-20-10-3-1-4-11-20)15-8-16-28-25(30)23(33-26(28)32)18-19-9-7-14-22(17-19)31-21-12-5-2-6-13-21/h1-7,9-14,17-18H,8,15-16H2,(H,27,29)/b23-18-. The van der Waals surface area contributed by atoms with Crippen LogP contribution in [0.2, 0.25) is 0 Å². The van der Waals surface area contributed by atoms with Gasteiger partial charge < -0.3 is 10.1 Å². The summed E-state index contributed by atoms with van der Waals surface area (Å²) in [6.07, 6.45) is 2.65. The van der Waals surface area contributed by atoms with E-state index in [0.29, 0.717) is 34.4 Å². The molecule has 7 heteroatoms. The van der Waals surface area contributed by atoms with Gasteiger partial charge in [0.15, 0.2) is 0 Å². The first-order valence-corrected chi connectivity index (χ1v) is 11.7. The minimum Gasteiger partial charge on any atom is -0.457 e. The third-order valence-electron chi connectivity index (χ3n) is 4.85. The molecule has 33 heavy (non-hydrogen) atoms. The largest absolute Gasteiger partial charge is 0.457 e. The van der Waals surface area contributed by atoms with E-state index in [1.165, 1.54) is 11.8 Å². The van der Waals surface area contributed by atoms with E-state index in [2.05, 4.69) is 5.32 Å². The Hall–Kier alpha value is -3.42. The second-order valence-electron chi connectivity index (χ2n) is 7.34. The van der Waals surface area contributed by atoms with Crippen LogP contribution in [-0.2, 0) is 9.59 Å². The molecular weight excluding hydrogens is 452 g/mol. The van der Waals surface area contributed by atoms with E-state index >= 15 is 0 Å². The van der Waals surface area contributed by atoms with Gasteiger partial charge in [0.25, 0.3) is 5.91 Å². The molecule has 0 unspecified atom stereocenters. The highest BCUT2D eigenvalue weighted by Gasteiger charge is 2.31. The maximum Gasteiger partial charge on any atom is 0.266 e. The lowest BCUT2D eigenvalue weighted by Crippen LogP contribution is -2.29. The summed E-state index contributed by atoms with van der Waals surface area (Å²) in [7, 11) is 0. The first kappa shape index (κ1) is 22.8. The second-order valence-corrected chi connectivity index (χ2v) is 9.01. The summed E-state index contributed by atoms with van der Waals surface area (Å²) in [6, 6.07) is 26.4. The Kier molecular flexibility index (Phi) is 7.55. The zero-order valence-electron chi connectivity index (χ0n) is 17.8. The molecule has 0 atom stereocenters. The zero-order chi connectivity index (χ0) is 23.0. The van der Waals surface area contributed by atoms with Crippen LogP contribution in [0.15, 0.2) is 89.8 Å². The number of hydrogen-bond acceptors (Lipinski definition) is 5. The van der Waals surface area contributed by atoms with Crippen molar-refractivity contribution in [2.75, 3.05) is 11.9 Å². The Bertz CT molecular complexity index is 1180. The van der Waals surface area contributed by atoms with Gasteiger partial charge in [-0.3, -0.25) is 14.5 Å². The monoisotopic (exact) mass is 474 g/mol. The fourth-order valence-electron chi connectivity index (χ4n) is 3.28. The molecule has 1 fully saturated rings. The molecule has 1 aliphatic heterocycles. The number of anilines is 1. The van der Waals surface area contributed by atoms with Crippen LogP contribution in [-0.4, -0.2) is 27.6 Å². The highest BCUT2D eigenvalue weighted by Crippen LogP contribution is 2.33. The van der Waals surface area contributed by atoms with E-state index in [1.54, 1.807) is 4.90 Å². The summed E-state index contributed by atoms with van der Waals surface area (Å²) in [5.41, 5.74) is 1.61. The number of hydrogen-bond donors (Lipinski definition) is 1. The lowest BCUT2D eigenvalue weighted by molar-refractivity contribution is -0.122. The van der Waals surface area contributed by atoms with Crippen molar-refractivity contribution in [3.8, 4) is 11.5 Å². The van der Waals surface area contributed by atoms with E-state index in [0.717, 1.165) is 17.0 Å². The lowest BCUT2D eigenvalue weighted by Gasteiger charge is -2.14. The molecule has 2 amide bonds. The third-order valence-corrected chi connectivity index (χ3v) is 6.23. The molecule has 1 heterocycles. The highest BCUT2D eigenvalue weighted by atomic mass is 32.2. The van der Waals surface area contributed by atoms with Crippen molar-refractivity contribution in [3.63, 3.8) is 0 Å². The van der Waals surface area contributed by atoms with Crippen molar-refractivity contribution < 1.29 is 14.3 Å². The van der Waals surface area contributed by atoms with Crippen molar-refractivity contribution in [1.29, 1.82) is 0 Å². The third kappa shape index (κ3) is 6.31. The summed E-state index contributed by atoms with van der Waals surface area (Å²) < 4.78 is 6.38. The number of para-hydroxylation sites is 2. The number of carbonyl (C=O) groups excluding carboxylic acids is 2. The number of thioether (sulfide) groups is 1. The van der Waals surface area contributed by atoms with Crippen molar-refractivity contribution in [3.05, 3.63) is 95.4 Å². The maximum atomic E-state index is 12.9. The first-order chi connectivity index (χ1) is 16.1. The first-order valence-electron chi connectivity index (χ1n) is 10.5. The lowest BCUT2D eigenvalue weighted by atomic mass is 10.2. The number of nitrogens with one attached hydrogen (secondary N) is 1. The van der Waals surface area contributed by atoms with E-state index < -0.39 is 0 Å². The smallest absolute Gasteiger partial charge is 0.266 e. The molecule has 0 aliphatic carbocycles. The van der Waals surface area contributed by atoms with Gasteiger partial charge in [-0.05, 0) is 54.5 Å². The molecule has 4 rings (SSSR count). The fourth-order valence-corrected chi connectivity index (χ4v) is 4.59. The number of thiocarbonyl (C=S) groups is 1. The van der Waals surface area contributed by atoms with Gasteiger partial charge in [-0.2, -0.15) is 0 Å². The average molecular weight is 475 g/mol. The van der Waals surface area contributed by atoms with Crippen molar-refractivity contribution >= 4 is 51.9 Å². The minimum atomic E-state index is -0.136. The Labute approximate surface area is 202 Å². The van der Waals surface area contributed by atoms with Crippen LogP contribution >= 0.6 is 24.0 Å². The van der Waals surface area contributed by atoms with Gasteiger partial charge in [0.05, 0.1) is 4.91 Å². The van der Waals surface area contributed by atoms with Gasteiger partial charge in [0.1, 0.15) is 15.8 Å². The summed E-state index contributed by atoms with van der Waals surface area (Å²) in [6.45, 7) is 0.404. The summed E-state index contributed by atoms with van der Waals surface area (Å²) in [5, 5.41) is 2.85. The van der Waals surface area contributed by atoms with Crippen molar-refractivity contribution in [2.45, 2.75) is 12.8 Å². The van der Waals surface area contributed by atoms with Gasteiger partial charge in [0, 0.05) is 18.7 Å². The Morgan fingerprint density at radius 3 is 2.42 bits per heavy atom. The average Bonchev–Trinajstić information content (AvgIpc) is 3.08. The van der Waals surface area contributed by atoms with E-state index in [-0.39, 0.29) is 11.8 Å². The van der Waals surface area contributed by atoms with E-state index in [4.69, 9.17) is 17.0 Å². The molecule has 1 N–H and O–H groups in total. The second kappa shape index (κ2) is 10.9. The summed E-state index contributed by atoms with van der Waals surface area (Å²) in [5.74, 6) is 1.22. The molecule has 0 bridgehead atoms. The number of nitrogens with zero attached hydrogens (tertiary/aromatic N) is 1. The molecule has 0 radical (unpaired) electrons. The number of rotatable bonds is 8. The molecule has 3 aromatic rings. The van der Waals surface area contributed by atoms with Gasteiger partial charge in [-0.15, -0.1) is 0 Å². The van der Waals surface area contributed by atoms with Crippen LogP contribution < -0.4 is 10.1 Å². The van der Waals surface area contributed by atoms with E-state index in [9.17, 15) is 9.59 Å². The Morgan fingerprint density at radius 2 is 1.67 bits per heavy atom. The molecule has 0 spiro atoms. The molecule has 1 aliphatic rings. The number of benzene rings is 3. The van der Waals surface area contributed by atoms with Gasteiger partial charge in [0.2, 0.25) is 5.91 Å². The Morgan fingerprint density at radius 1 is 0.970 bits per heavy atom. The van der Waals surface area contributed by atoms with E-state index in [1.807, 2.05) is 91.0 Å². The SMILES string of the molecule is O=C(CCCN1C(=O)/C(=C/c2cccc(Oc3ccccc3)c2)SC1=S)Nc1ccccc1. The highest BCUT2D eigenvalue weighted by molar-refractivity contribution is 8.26. The minimum absolute atomic E-state index is 0.0857. The fraction of sp³-hybridized carbons (Fsp3) is 0.115. The predicted octanol–water partition coefficient (Wildman–Crippen LogP) is 6.10. The molecular formula is C26H22N2O3S2.